The summed E-state index contributed by atoms with van der Waals surface area (Å²) >= 11 is 16.7. The van der Waals surface area contributed by atoms with Crippen LogP contribution in [0.2, 0.25) is 10.0 Å². The first-order chi connectivity index (χ1) is 20.9. The molecule has 1 atom stereocenters. The first-order valence-electron chi connectivity index (χ1n) is 12.0. The van der Waals surface area contributed by atoms with Gasteiger partial charge in [-0.1, -0.05) is 29.3 Å². The normalized spacial score (nSPS) is 11.9. The molecule has 9 nitrogen and oxygen atoms in total. The smallest absolute Gasteiger partial charge is 0.252 e. The zero-order valence-electron chi connectivity index (χ0n) is 23.4. The molecule has 4 rings (SSSR count). The number of hydrogen-bond acceptors (Lipinski definition) is 7. The molecule has 240 valence electrons. The van der Waals surface area contributed by atoms with Crippen LogP contribution in [0.5, 0.6) is 11.5 Å². The predicted octanol–water partition coefficient (Wildman–Crippen LogP) is 5.87. The number of ketones is 1. The molecule has 0 amide bonds. The number of methoxy groups -OCH3 is 2. The molecular weight excluding hydrogens is 697 g/mol. The minimum atomic E-state index is -4.09. The van der Waals surface area contributed by atoms with Crippen LogP contribution < -0.4 is 19.8 Å². The number of benzene rings is 4. The van der Waals surface area contributed by atoms with Gasteiger partial charge >= 0.3 is 0 Å². The zero-order valence-corrected chi connectivity index (χ0v) is 27.3. The number of nitrogens with two attached hydrogens (primary N) is 2. The molecule has 0 aliphatic rings. The number of carbonyl (C=O) groups is 2. The van der Waals surface area contributed by atoms with E-state index in [0.29, 0.717) is 5.75 Å². The van der Waals surface area contributed by atoms with Crippen LogP contribution in [-0.4, -0.2) is 43.7 Å². The van der Waals surface area contributed by atoms with Gasteiger partial charge in [-0.15, -0.1) is 0 Å². The van der Waals surface area contributed by atoms with Crippen LogP contribution in [0.4, 0.5) is 8.78 Å². The lowest BCUT2D eigenvalue weighted by Crippen LogP contribution is -2.14. The van der Waals surface area contributed by atoms with E-state index in [-0.39, 0.29) is 43.2 Å². The Labute approximate surface area is 273 Å². The van der Waals surface area contributed by atoms with Gasteiger partial charge in [-0.05, 0) is 78.1 Å². The Morgan fingerprint density at radius 1 is 0.756 bits per heavy atom. The molecule has 1 unspecified atom stereocenters. The van der Waals surface area contributed by atoms with Crippen LogP contribution in [0.15, 0.2) is 88.7 Å². The van der Waals surface area contributed by atoms with E-state index in [1.54, 1.807) is 12.1 Å². The van der Waals surface area contributed by atoms with Crippen molar-refractivity contribution in [1.82, 2.24) is 0 Å². The number of carbonyl (C=O) groups excluding carboxylic acids is 2. The summed E-state index contributed by atoms with van der Waals surface area (Å²) in [4.78, 5) is 22.8. The molecule has 0 radical (unpaired) electrons. The van der Waals surface area contributed by atoms with Crippen LogP contribution in [0, 0.1) is 11.6 Å². The Balaban J connectivity index is 0.000000261. The highest BCUT2D eigenvalue weighted by molar-refractivity contribution is 7.98. The maximum Gasteiger partial charge on any atom is 0.252 e. The van der Waals surface area contributed by atoms with Crippen molar-refractivity contribution in [3.63, 3.8) is 0 Å². The third-order valence-electron chi connectivity index (χ3n) is 5.48. The molecule has 0 saturated heterocycles. The van der Waals surface area contributed by atoms with Crippen molar-refractivity contribution in [2.45, 2.75) is 9.79 Å². The van der Waals surface area contributed by atoms with Gasteiger partial charge in [0.1, 0.15) is 28.0 Å². The minimum Gasteiger partial charge on any atom is -0.497 e. The van der Waals surface area contributed by atoms with Gasteiger partial charge in [-0.3, -0.25) is 14.7 Å². The summed E-state index contributed by atoms with van der Waals surface area (Å²) in [5.74, 6) is 2.34. The lowest BCUT2D eigenvalue weighted by atomic mass is 10.0. The van der Waals surface area contributed by atoms with Crippen LogP contribution in [0.1, 0.15) is 26.3 Å². The van der Waals surface area contributed by atoms with Gasteiger partial charge in [0.25, 0.3) is 5.24 Å². The monoisotopic (exact) mass is 720 g/mol. The highest BCUT2D eigenvalue weighted by Crippen LogP contribution is 2.25. The molecule has 16 heteroatoms. The van der Waals surface area contributed by atoms with E-state index in [1.807, 2.05) is 0 Å². The summed E-state index contributed by atoms with van der Waals surface area (Å²) in [5.41, 5.74) is -0.0751. The van der Waals surface area contributed by atoms with Gasteiger partial charge in [0.15, 0.2) is 5.78 Å². The average molecular weight is 722 g/mol. The molecule has 0 aliphatic carbocycles. The number of rotatable bonds is 7. The van der Waals surface area contributed by atoms with Gasteiger partial charge in [-0.2, -0.15) is 0 Å². The summed E-state index contributed by atoms with van der Waals surface area (Å²) in [5, 5.41) is 9.75. The van der Waals surface area contributed by atoms with Crippen molar-refractivity contribution in [3.05, 3.63) is 117 Å². The number of halogens is 5. The Bertz CT molecular complexity index is 1940. The molecule has 4 aromatic rings. The molecule has 45 heavy (non-hydrogen) atoms. The fourth-order valence-electron chi connectivity index (χ4n) is 3.31. The number of primary sulfonamides is 1. The van der Waals surface area contributed by atoms with Crippen LogP contribution >= 0.6 is 34.8 Å². The molecule has 4 N–H and O–H groups in total. The lowest BCUT2D eigenvalue weighted by molar-refractivity contribution is 0.103. The van der Waals surface area contributed by atoms with Crippen molar-refractivity contribution >= 4 is 71.4 Å². The quantitative estimate of drug-likeness (QED) is 0.137. The van der Waals surface area contributed by atoms with E-state index in [9.17, 15) is 31.0 Å². The molecule has 0 bridgehead atoms. The van der Waals surface area contributed by atoms with Crippen molar-refractivity contribution in [3.8, 4) is 11.5 Å². The van der Waals surface area contributed by atoms with Crippen molar-refractivity contribution < 1.29 is 40.5 Å². The lowest BCUT2D eigenvalue weighted by Gasteiger charge is -2.07. The molecule has 0 spiro atoms. The predicted molar refractivity (Wildman–Crippen MR) is 172 cm³/mol. The first-order valence-corrected chi connectivity index (χ1v) is 16.5. The number of sulfonamides is 1. The number of hydrogen-bond donors (Lipinski definition) is 2. The fraction of sp³-hybridized carbons (Fsp3) is 0.0690. The van der Waals surface area contributed by atoms with Crippen molar-refractivity contribution in [2.75, 3.05) is 14.2 Å². The standard InChI is InChI=1S/C14H11ClFNO4S.C8H7Cl2NO2S.C7H7FO/c1-21-9-3-4-10(12(16)7-9)14(18)8-2-5-11(15)13(6-8)22(17,19)20;1-14(11,13)7-4-5(8(10)12)2-3-6(7)9;1-9-7-4-2-3-6(8)5-7/h2-7H,1H3,(H2,17,19,20);2-4H,1H2,(H2,11,13);2-5H,1H3. The van der Waals surface area contributed by atoms with E-state index in [4.69, 9.17) is 54.6 Å². The van der Waals surface area contributed by atoms with Crippen molar-refractivity contribution in [2.24, 2.45) is 10.3 Å². The highest BCUT2D eigenvalue weighted by atomic mass is 35.5. The van der Waals surface area contributed by atoms with E-state index >= 15 is 0 Å². The summed E-state index contributed by atoms with van der Waals surface area (Å²) in [6.07, 6.45) is 0. The molecule has 0 aromatic heterocycles. The van der Waals surface area contributed by atoms with Gasteiger partial charge in [0, 0.05) is 23.3 Å². The van der Waals surface area contributed by atoms with E-state index < -0.39 is 41.5 Å². The van der Waals surface area contributed by atoms with E-state index in [2.05, 4.69) is 5.87 Å². The zero-order chi connectivity index (χ0) is 34.1. The average Bonchev–Trinajstić information content (AvgIpc) is 2.96. The third kappa shape index (κ3) is 11.1. The summed E-state index contributed by atoms with van der Waals surface area (Å²) in [6, 6.07) is 17.4. The Morgan fingerprint density at radius 2 is 1.29 bits per heavy atom. The fourth-order valence-corrected chi connectivity index (χ4v) is 5.73. The maximum atomic E-state index is 13.9. The van der Waals surface area contributed by atoms with Gasteiger partial charge in [0.2, 0.25) is 10.0 Å². The van der Waals surface area contributed by atoms with Crippen LogP contribution in [0.25, 0.3) is 0 Å². The maximum absolute atomic E-state index is 13.9. The molecule has 0 heterocycles. The highest BCUT2D eigenvalue weighted by Gasteiger charge is 2.19. The van der Waals surface area contributed by atoms with Crippen molar-refractivity contribution in [1.29, 1.82) is 0 Å². The first kappa shape index (κ1) is 37.6. The van der Waals surface area contributed by atoms with E-state index in [1.165, 1.54) is 68.8 Å². The summed E-state index contributed by atoms with van der Waals surface area (Å²) in [7, 11) is -4.15. The molecule has 0 aliphatic heterocycles. The molecule has 0 fully saturated rings. The third-order valence-corrected chi connectivity index (χ3v) is 8.62. The van der Waals surface area contributed by atoms with Crippen LogP contribution in [-0.2, 0) is 19.7 Å². The second-order valence-electron chi connectivity index (χ2n) is 8.67. The second kappa shape index (κ2) is 16.1. The largest absolute Gasteiger partial charge is 0.497 e. The Morgan fingerprint density at radius 3 is 1.76 bits per heavy atom. The Hall–Kier alpha value is -3.56. The minimum absolute atomic E-state index is 0.0440. The SMILES string of the molecule is C=S(N)(=O)c1cc(C(=O)Cl)ccc1Cl.COc1ccc(C(=O)c2ccc(Cl)c(S(N)(=O)=O)c2)c(F)c1.COc1cccc(F)c1. The summed E-state index contributed by atoms with van der Waals surface area (Å²) < 4.78 is 70.0. The molecular formula is C29H25Cl3F2N2O7S2. The van der Waals surface area contributed by atoms with Gasteiger partial charge in [-0.25, -0.2) is 26.5 Å². The number of ether oxygens (including phenoxy) is 2. The molecule has 0 saturated carbocycles. The van der Waals surface area contributed by atoms with Gasteiger partial charge < -0.3 is 9.47 Å². The topological polar surface area (TPSA) is 156 Å². The van der Waals surface area contributed by atoms with Gasteiger partial charge in [0.05, 0.1) is 44.4 Å². The summed E-state index contributed by atoms with van der Waals surface area (Å²) in [6.45, 7) is 0. The van der Waals surface area contributed by atoms with E-state index in [0.717, 1.165) is 12.1 Å². The Kier molecular flexibility index (Phi) is 13.5. The molecule has 4 aromatic carbocycles. The van der Waals surface area contributed by atoms with Crippen LogP contribution in [0.3, 0.4) is 0 Å². The second-order valence-corrected chi connectivity index (χ2v) is 13.3.